The van der Waals surface area contributed by atoms with Crippen LogP contribution >= 0.6 is 0 Å². The normalized spacial score (nSPS) is 42.9. The highest BCUT2D eigenvalue weighted by Crippen LogP contribution is 2.66. The highest BCUT2D eigenvalue weighted by atomic mass is 32.2. The summed E-state index contributed by atoms with van der Waals surface area (Å²) in [4.78, 5) is 0. The van der Waals surface area contributed by atoms with E-state index in [4.69, 9.17) is 9.47 Å². The smallest absolute Gasteiger partial charge is 0.380 e. The number of methoxy groups -OCH3 is 1. The van der Waals surface area contributed by atoms with Crippen molar-refractivity contribution in [2.24, 2.45) is 34.5 Å². The maximum atomic E-state index is 12.9. The maximum Gasteiger partial charge on any atom is 0.534 e. The molecule has 4 aliphatic rings. The van der Waals surface area contributed by atoms with Crippen molar-refractivity contribution >= 4 is 10.1 Å². The summed E-state index contributed by atoms with van der Waals surface area (Å²) in [6.45, 7) is 4.59. The Morgan fingerprint density at radius 2 is 1.84 bits per heavy atom. The standard InChI is InChI=1S/C22H33F3O5S/c1-20-10-8-15(29-13-28-3)12-14(20)4-5-16-17-6-7-19(21(17,2)11-9-18(16)20)30-31(26,27)22(23,24)25/h7,14-18H,4-6,8-13H2,1-3H3/t14-,15+,16-,17-,18-,20-,21-/m0/s1. The second-order valence-electron chi connectivity index (χ2n) is 10.4. The molecule has 0 aromatic carbocycles. The molecule has 0 bridgehead atoms. The van der Waals surface area contributed by atoms with Gasteiger partial charge in [-0.2, -0.15) is 21.6 Å². The molecule has 0 spiro atoms. The van der Waals surface area contributed by atoms with Gasteiger partial charge in [-0.25, -0.2) is 0 Å². The molecule has 0 aliphatic heterocycles. The molecule has 0 heterocycles. The van der Waals surface area contributed by atoms with Gasteiger partial charge in [0.1, 0.15) is 12.6 Å². The highest BCUT2D eigenvalue weighted by molar-refractivity contribution is 7.87. The fourth-order valence-corrected chi connectivity index (χ4v) is 7.95. The topological polar surface area (TPSA) is 61.8 Å². The lowest BCUT2D eigenvalue weighted by molar-refractivity contribution is -0.149. The van der Waals surface area contributed by atoms with Crippen molar-refractivity contribution in [1.82, 2.24) is 0 Å². The molecule has 3 saturated carbocycles. The first-order valence-electron chi connectivity index (χ1n) is 11.2. The number of hydrogen-bond acceptors (Lipinski definition) is 5. The van der Waals surface area contributed by atoms with Gasteiger partial charge in [0.15, 0.2) is 0 Å². The predicted molar refractivity (Wildman–Crippen MR) is 108 cm³/mol. The van der Waals surface area contributed by atoms with E-state index < -0.39 is 21.0 Å². The molecule has 0 aromatic rings. The molecule has 0 saturated heterocycles. The summed E-state index contributed by atoms with van der Waals surface area (Å²) >= 11 is 0. The number of ether oxygens (including phenoxy) is 2. The quantitative estimate of drug-likeness (QED) is 0.309. The highest BCUT2D eigenvalue weighted by Gasteiger charge is 2.60. The van der Waals surface area contributed by atoms with Crippen LogP contribution in [0, 0.1) is 34.5 Å². The van der Waals surface area contributed by atoms with Gasteiger partial charge in [0.25, 0.3) is 0 Å². The van der Waals surface area contributed by atoms with Crippen LogP contribution in [0.1, 0.15) is 65.2 Å². The predicted octanol–water partition coefficient (Wildman–Crippen LogP) is 5.38. The van der Waals surface area contributed by atoms with Crippen LogP contribution in [0.5, 0.6) is 0 Å². The maximum absolute atomic E-state index is 12.9. The van der Waals surface area contributed by atoms with Gasteiger partial charge in [-0.05, 0) is 86.5 Å². The third-order valence-electron chi connectivity index (χ3n) is 9.03. The average molecular weight is 467 g/mol. The number of hydrogen-bond donors (Lipinski definition) is 0. The summed E-state index contributed by atoms with van der Waals surface area (Å²) in [6, 6.07) is 0. The van der Waals surface area contributed by atoms with Gasteiger partial charge in [0, 0.05) is 12.5 Å². The molecular weight excluding hydrogens is 433 g/mol. The zero-order valence-corrected chi connectivity index (χ0v) is 19.2. The van der Waals surface area contributed by atoms with E-state index in [1.165, 1.54) is 0 Å². The van der Waals surface area contributed by atoms with Crippen molar-refractivity contribution in [2.45, 2.75) is 76.8 Å². The minimum absolute atomic E-state index is 0.00257. The second-order valence-corrected chi connectivity index (χ2v) is 11.9. The van der Waals surface area contributed by atoms with Crippen LogP contribution in [0.3, 0.4) is 0 Å². The Hall–Kier alpha value is -0.800. The number of allylic oxidation sites excluding steroid dienone is 2. The van der Waals surface area contributed by atoms with Gasteiger partial charge in [-0.1, -0.05) is 13.8 Å². The summed E-state index contributed by atoms with van der Waals surface area (Å²) in [5.41, 5.74) is -5.87. The third-order valence-corrected chi connectivity index (χ3v) is 10.00. The lowest BCUT2D eigenvalue weighted by Crippen LogP contribution is -2.54. The lowest BCUT2D eigenvalue weighted by atomic mass is 9.45. The molecule has 7 atom stereocenters. The van der Waals surface area contributed by atoms with Crippen LogP contribution in [0.25, 0.3) is 0 Å². The molecule has 4 aliphatic carbocycles. The Balaban J connectivity index is 1.50. The zero-order valence-electron chi connectivity index (χ0n) is 18.4. The van der Waals surface area contributed by atoms with Crippen molar-refractivity contribution in [3.8, 4) is 0 Å². The fraction of sp³-hybridized carbons (Fsp3) is 0.909. The Morgan fingerprint density at radius 1 is 1.10 bits per heavy atom. The van der Waals surface area contributed by atoms with Crippen LogP contribution in [0.15, 0.2) is 11.8 Å². The van der Waals surface area contributed by atoms with Crippen molar-refractivity contribution < 1.29 is 35.2 Å². The first-order valence-corrected chi connectivity index (χ1v) is 12.6. The van der Waals surface area contributed by atoms with Gasteiger partial charge in [-0.3, -0.25) is 0 Å². The summed E-state index contributed by atoms with van der Waals surface area (Å²) in [5, 5.41) is 0. The van der Waals surface area contributed by atoms with Crippen molar-refractivity contribution in [3.05, 3.63) is 11.8 Å². The summed E-state index contributed by atoms with van der Waals surface area (Å²) in [5.74, 6) is 1.58. The Labute approximate surface area is 182 Å². The average Bonchev–Trinajstić information content (AvgIpc) is 3.01. The van der Waals surface area contributed by atoms with E-state index in [1.54, 1.807) is 13.2 Å². The van der Waals surface area contributed by atoms with E-state index in [9.17, 15) is 21.6 Å². The van der Waals surface area contributed by atoms with Crippen LogP contribution in [0.2, 0.25) is 0 Å². The Kier molecular flexibility index (Phi) is 5.96. The molecule has 0 aromatic heterocycles. The molecule has 0 radical (unpaired) electrons. The molecule has 3 fully saturated rings. The largest absolute Gasteiger partial charge is 0.534 e. The van der Waals surface area contributed by atoms with E-state index >= 15 is 0 Å². The molecule has 5 nitrogen and oxygen atoms in total. The number of rotatable bonds is 5. The molecule has 0 unspecified atom stereocenters. The van der Waals surface area contributed by atoms with E-state index in [-0.39, 0.29) is 23.2 Å². The monoisotopic (exact) mass is 466 g/mol. The third kappa shape index (κ3) is 3.82. The number of halogens is 3. The van der Waals surface area contributed by atoms with Crippen molar-refractivity contribution in [2.75, 3.05) is 13.9 Å². The van der Waals surface area contributed by atoms with Crippen LogP contribution in [0.4, 0.5) is 13.2 Å². The number of alkyl halides is 3. The minimum Gasteiger partial charge on any atom is -0.380 e. The molecule has 4 rings (SSSR count). The van der Waals surface area contributed by atoms with E-state index in [2.05, 4.69) is 11.1 Å². The number of fused-ring (bicyclic) bond motifs is 5. The van der Waals surface area contributed by atoms with Gasteiger partial charge >= 0.3 is 15.6 Å². The zero-order chi connectivity index (χ0) is 22.7. The molecule has 0 amide bonds. The van der Waals surface area contributed by atoms with Crippen LogP contribution in [-0.2, 0) is 23.8 Å². The summed E-state index contributed by atoms with van der Waals surface area (Å²) in [7, 11) is -4.01. The second kappa shape index (κ2) is 7.90. The van der Waals surface area contributed by atoms with Crippen LogP contribution < -0.4 is 0 Å². The Morgan fingerprint density at radius 3 is 2.52 bits per heavy atom. The first-order chi connectivity index (χ1) is 14.4. The van der Waals surface area contributed by atoms with Gasteiger partial charge < -0.3 is 13.7 Å². The summed E-state index contributed by atoms with van der Waals surface area (Å²) < 4.78 is 77.5. The van der Waals surface area contributed by atoms with Gasteiger partial charge in [-0.15, -0.1) is 0 Å². The molecule has 0 N–H and O–H groups in total. The molecule has 9 heteroatoms. The van der Waals surface area contributed by atoms with Crippen LogP contribution in [-0.4, -0.2) is 33.9 Å². The minimum atomic E-state index is -5.64. The SMILES string of the molecule is COCO[C@@H]1CC[C@@]2(C)[C@@H](CC[C@@H]3[C@@H]2CC[C@]2(C)C(OS(=O)(=O)C(F)(F)F)=CC[C@@H]32)C1. The first kappa shape index (κ1) is 23.4. The van der Waals surface area contributed by atoms with Gasteiger partial charge in [0.05, 0.1) is 6.10 Å². The van der Waals surface area contributed by atoms with E-state index in [0.29, 0.717) is 37.4 Å². The molecule has 178 valence electrons. The van der Waals surface area contributed by atoms with E-state index in [1.807, 2.05) is 6.92 Å². The lowest BCUT2D eigenvalue weighted by Gasteiger charge is -2.60. The van der Waals surface area contributed by atoms with Gasteiger partial charge in [0.2, 0.25) is 0 Å². The van der Waals surface area contributed by atoms with E-state index in [0.717, 1.165) is 38.5 Å². The molecular formula is C22H33F3O5S. The van der Waals surface area contributed by atoms with Crippen molar-refractivity contribution in [1.29, 1.82) is 0 Å². The van der Waals surface area contributed by atoms with Crippen molar-refractivity contribution in [3.63, 3.8) is 0 Å². The fourth-order valence-electron chi connectivity index (χ4n) is 7.36. The summed E-state index contributed by atoms with van der Waals surface area (Å²) in [6.07, 6.45) is 9.16. The molecule has 31 heavy (non-hydrogen) atoms. The Bertz CT molecular complexity index is 825.